The van der Waals surface area contributed by atoms with Crippen molar-refractivity contribution in [3.8, 4) is 0 Å². The van der Waals surface area contributed by atoms with Gasteiger partial charge in [0, 0.05) is 48.9 Å². The molecule has 0 radical (unpaired) electrons. The van der Waals surface area contributed by atoms with Crippen molar-refractivity contribution in [3.63, 3.8) is 0 Å². The molecule has 5 nitrogen and oxygen atoms in total. The number of nitrogens with zero attached hydrogens (tertiary/aromatic N) is 2. The maximum absolute atomic E-state index is 12.3. The molecule has 1 aromatic carbocycles. The Bertz CT molecular complexity index is 774. The van der Waals surface area contributed by atoms with E-state index in [0.717, 1.165) is 48.7 Å². The topological polar surface area (TPSA) is 54.5 Å². The Morgan fingerprint density at radius 1 is 1.22 bits per heavy atom. The van der Waals surface area contributed by atoms with Gasteiger partial charge in [-0.05, 0) is 51.0 Å². The van der Waals surface area contributed by atoms with E-state index >= 15 is 0 Å². The van der Waals surface area contributed by atoms with Gasteiger partial charge in [0.15, 0.2) is 0 Å². The summed E-state index contributed by atoms with van der Waals surface area (Å²) in [5.74, 6) is 0.455. The number of hydrogen-bond acceptors (Lipinski definition) is 4. The van der Waals surface area contributed by atoms with Gasteiger partial charge < -0.3 is 15.0 Å². The predicted octanol–water partition coefficient (Wildman–Crippen LogP) is 4.18. The third-order valence-electron chi connectivity index (χ3n) is 5.03. The van der Waals surface area contributed by atoms with Crippen molar-refractivity contribution in [2.45, 2.75) is 39.0 Å². The molecule has 0 spiro atoms. The molecular formula is C22H29N3O2. The molecular weight excluding hydrogens is 338 g/mol. The Hall–Kier alpha value is -2.40. The van der Waals surface area contributed by atoms with Crippen molar-refractivity contribution >= 4 is 17.3 Å². The number of likely N-dealkylation sites (tertiary alicyclic amines) is 1. The molecule has 2 heterocycles. The molecule has 0 unspecified atom stereocenters. The SMILES string of the molecule is COCCC(=O)N1CCC[C@@H](c2cc(Nc3ccc(C)cc3)cc(C)n2)C1. The fraction of sp³-hybridized carbons (Fsp3) is 0.455. The lowest BCUT2D eigenvalue weighted by Crippen LogP contribution is -2.39. The van der Waals surface area contributed by atoms with Crippen LogP contribution in [0.5, 0.6) is 0 Å². The first-order chi connectivity index (χ1) is 13.0. The molecule has 1 fully saturated rings. The molecule has 144 valence electrons. The summed E-state index contributed by atoms with van der Waals surface area (Å²) in [4.78, 5) is 19.1. The van der Waals surface area contributed by atoms with Gasteiger partial charge >= 0.3 is 0 Å². The highest BCUT2D eigenvalue weighted by Crippen LogP contribution is 2.29. The lowest BCUT2D eigenvalue weighted by atomic mass is 9.93. The summed E-state index contributed by atoms with van der Waals surface area (Å²) >= 11 is 0. The predicted molar refractivity (Wildman–Crippen MR) is 108 cm³/mol. The van der Waals surface area contributed by atoms with Crippen LogP contribution in [-0.4, -0.2) is 42.6 Å². The quantitative estimate of drug-likeness (QED) is 0.832. The van der Waals surface area contributed by atoms with E-state index in [1.165, 1.54) is 5.56 Å². The number of rotatable bonds is 6. The Morgan fingerprint density at radius 3 is 2.74 bits per heavy atom. The van der Waals surface area contributed by atoms with Gasteiger partial charge in [-0.2, -0.15) is 0 Å². The van der Waals surface area contributed by atoms with Crippen LogP contribution in [0, 0.1) is 13.8 Å². The van der Waals surface area contributed by atoms with Crippen LogP contribution in [0.3, 0.4) is 0 Å². The molecule has 1 aromatic heterocycles. The monoisotopic (exact) mass is 367 g/mol. The molecule has 1 N–H and O–H groups in total. The van der Waals surface area contributed by atoms with Gasteiger partial charge in [0.05, 0.1) is 13.0 Å². The van der Waals surface area contributed by atoms with Crippen LogP contribution in [0.15, 0.2) is 36.4 Å². The summed E-state index contributed by atoms with van der Waals surface area (Å²) in [6, 6.07) is 12.6. The number of piperidine rings is 1. The standard InChI is InChI=1S/C22H29N3O2/c1-16-6-8-19(9-7-16)24-20-13-17(2)23-21(14-20)18-5-4-11-25(15-18)22(26)10-12-27-3/h6-9,13-14,18H,4-5,10-12,15H2,1-3H3,(H,23,24)/t18-/m1/s1. The molecule has 1 amide bonds. The zero-order valence-corrected chi connectivity index (χ0v) is 16.5. The van der Waals surface area contributed by atoms with E-state index in [1.54, 1.807) is 7.11 Å². The van der Waals surface area contributed by atoms with E-state index in [2.05, 4.69) is 48.6 Å². The van der Waals surface area contributed by atoms with Crippen molar-refractivity contribution < 1.29 is 9.53 Å². The van der Waals surface area contributed by atoms with Crippen molar-refractivity contribution in [2.75, 3.05) is 32.1 Å². The first-order valence-electron chi connectivity index (χ1n) is 9.64. The average molecular weight is 367 g/mol. The second kappa shape index (κ2) is 9.00. The smallest absolute Gasteiger partial charge is 0.224 e. The summed E-state index contributed by atoms with van der Waals surface area (Å²) < 4.78 is 5.04. The van der Waals surface area contributed by atoms with Crippen molar-refractivity contribution in [1.29, 1.82) is 0 Å². The highest BCUT2D eigenvalue weighted by Gasteiger charge is 2.25. The lowest BCUT2D eigenvalue weighted by Gasteiger charge is -2.33. The van der Waals surface area contributed by atoms with Crippen LogP contribution in [0.4, 0.5) is 11.4 Å². The van der Waals surface area contributed by atoms with Crippen LogP contribution in [0.1, 0.15) is 42.1 Å². The molecule has 27 heavy (non-hydrogen) atoms. The number of ether oxygens (including phenoxy) is 1. The van der Waals surface area contributed by atoms with Crippen LogP contribution in [0.2, 0.25) is 0 Å². The number of aromatic nitrogens is 1. The third-order valence-corrected chi connectivity index (χ3v) is 5.03. The van der Waals surface area contributed by atoms with Gasteiger partial charge in [0.2, 0.25) is 5.91 Å². The minimum Gasteiger partial charge on any atom is -0.384 e. The Balaban J connectivity index is 1.73. The van der Waals surface area contributed by atoms with E-state index in [4.69, 9.17) is 9.72 Å². The molecule has 0 saturated carbocycles. The maximum Gasteiger partial charge on any atom is 0.224 e. The molecule has 2 aromatic rings. The zero-order chi connectivity index (χ0) is 19.2. The summed E-state index contributed by atoms with van der Waals surface area (Å²) in [6.07, 6.45) is 2.53. The van der Waals surface area contributed by atoms with Gasteiger partial charge in [-0.15, -0.1) is 0 Å². The molecule has 3 rings (SSSR count). The molecule has 1 aliphatic heterocycles. The summed E-state index contributed by atoms with van der Waals surface area (Å²) in [6.45, 7) is 6.16. The minimum absolute atomic E-state index is 0.173. The molecule has 5 heteroatoms. The molecule has 1 saturated heterocycles. The van der Waals surface area contributed by atoms with Crippen molar-refractivity contribution in [3.05, 3.63) is 53.3 Å². The van der Waals surface area contributed by atoms with Crippen LogP contribution >= 0.6 is 0 Å². The highest BCUT2D eigenvalue weighted by atomic mass is 16.5. The number of amides is 1. The Labute approximate surface area is 161 Å². The number of benzene rings is 1. The van der Waals surface area contributed by atoms with Crippen molar-refractivity contribution in [2.24, 2.45) is 0 Å². The van der Waals surface area contributed by atoms with Gasteiger partial charge in [-0.3, -0.25) is 9.78 Å². The number of pyridine rings is 1. The van der Waals surface area contributed by atoms with E-state index in [-0.39, 0.29) is 11.8 Å². The van der Waals surface area contributed by atoms with E-state index in [1.807, 2.05) is 11.8 Å². The van der Waals surface area contributed by atoms with Gasteiger partial charge in [-0.1, -0.05) is 17.7 Å². The lowest BCUT2D eigenvalue weighted by molar-refractivity contribution is -0.133. The van der Waals surface area contributed by atoms with Gasteiger partial charge in [-0.25, -0.2) is 0 Å². The first-order valence-corrected chi connectivity index (χ1v) is 9.64. The molecule has 1 aliphatic rings. The zero-order valence-electron chi connectivity index (χ0n) is 16.5. The fourth-order valence-electron chi connectivity index (χ4n) is 3.57. The van der Waals surface area contributed by atoms with Gasteiger partial charge in [0.25, 0.3) is 0 Å². The summed E-state index contributed by atoms with van der Waals surface area (Å²) in [7, 11) is 1.63. The molecule has 0 bridgehead atoms. The van der Waals surface area contributed by atoms with Crippen LogP contribution in [0.25, 0.3) is 0 Å². The van der Waals surface area contributed by atoms with E-state index < -0.39 is 0 Å². The number of aryl methyl sites for hydroxylation is 2. The first kappa shape index (κ1) is 19.4. The molecule has 1 atom stereocenters. The third kappa shape index (κ3) is 5.30. The van der Waals surface area contributed by atoms with Gasteiger partial charge in [0.1, 0.15) is 0 Å². The number of carbonyl (C=O) groups excluding carboxylic acids is 1. The van der Waals surface area contributed by atoms with E-state index in [0.29, 0.717) is 13.0 Å². The minimum atomic E-state index is 0.173. The number of methoxy groups -OCH3 is 1. The number of anilines is 2. The average Bonchev–Trinajstić information content (AvgIpc) is 2.67. The normalized spacial score (nSPS) is 17.0. The molecule has 0 aliphatic carbocycles. The fourth-order valence-corrected chi connectivity index (χ4v) is 3.57. The second-order valence-electron chi connectivity index (χ2n) is 7.33. The number of hydrogen-bond donors (Lipinski definition) is 1. The number of carbonyl (C=O) groups is 1. The van der Waals surface area contributed by atoms with E-state index in [9.17, 15) is 4.79 Å². The van der Waals surface area contributed by atoms with Crippen molar-refractivity contribution in [1.82, 2.24) is 9.88 Å². The summed E-state index contributed by atoms with van der Waals surface area (Å²) in [5, 5.41) is 3.48. The maximum atomic E-state index is 12.3. The second-order valence-corrected chi connectivity index (χ2v) is 7.33. The summed E-state index contributed by atoms with van der Waals surface area (Å²) in [5.41, 5.74) is 5.41. The Morgan fingerprint density at radius 2 is 2.00 bits per heavy atom. The largest absolute Gasteiger partial charge is 0.384 e. The van der Waals surface area contributed by atoms with Crippen LogP contribution < -0.4 is 5.32 Å². The van der Waals surface area contributed by atoms with Crippen LogP contribution in [-0.2, 0) is 9.53 Å². The Kier molecular flexibility index (Phi) is 6.45. The number of nitrogens with one attached hydrogen (secondary N) is 1. The highest BCUT2D eigenvalue weighted by molar-refractivity contribution is 5.76.